The van der Waals surface area contributed by atoms with E-state index in [0.717, 1.165) is 0 Å². The topological polar surface area (TPSA) is 95.8 Å². The fourth-order valence-electron chi connectivity index (χ4n) is 2.64. The Hall–Kier alpha value is -1.02. The van der Waals surface area contributed by atoms with Crippen molar-refractivity contribution in [3.63, 3.8) is 0 Å². The van der Waals surface area contributed by atoms with Crippen LogP contribution in [0, 0.1) is 10.8 Å². The van der Waals surface area contributed by atoms with E-state index in [1.54, 1.807) is 6.92 Å². The summed E-state index contributed by atoms with van der Waals surface area (Å²) in [5, 5.41) is 18.8. The standard InChI is InChI=1S/C23H38F10O8/c1-17(41-7-6-38-12-19(3,10-35)14-40-16-21(26,27)23(31,32)33)8-36-4-5-37-11-18(2,9-34)13-39-15-20(24,25)22(28,29)30/h17,34-35H,4-16H2,1-3H3. The molecule has 0 aliphatic heterocycles. The minimum Gasteiger partial charge on any atom is -0.396 e. The van der Waals surface area contributed by atoms with E-state index < -0.39 is 80.8 Å². The van der Waals surface area contributed by atoms with Crippen LogP contribution in [0.3, 0.4) is 0 Å². The van der Waals surface area contributed by atoms with E-state index in [4.69, 9.17) is 18.9 Å². The lowest BCUT2D eigenvalue weighted by molar-refractivity contribution is -0.298. The van der Waals surface area contributed by atoms with Crippen molar-refractivity contribution in [2.24, 2.45) is 10.8 Å². The monoisotopic (exact) mass is 632 g/mol. The smallest absolute Gasteiger partial charge is 0.396 e. The first-order chi connectivity index (χ1) is 18.6. The van der Waals surface area contributed by atoms with E-state index in [1.165, 1.54) is 13.8 Å². The number of halogens is 10. The molecule has 0 aromatic rings. The van der Waals surface area contributed by atoms with E-state index in [1.807, 2.05) is 0 Å². The van der Waals surface area contributed by atoms with Gasteiger partial charge in [0.15, 0.2) is 0 Å². The van der Waals surface area contributed by atoms with Gasteiger partial charge in [0.25, 0.3) is 0 Å². The molecule has 0 heterocycles. The molecule has 3 atom stereocenters. The second kappa shape index (κ2) is 17.3. The predicted octanol–water partition coefficient (Wildman–Crippen LogP) is 3.87. The second-order valence-electron chi connectivity index (χ2n) is 10.2. The zero-order valence-electron chi connectivity index (χ0n) is 22.9. The summed E-state index contributed by atoms with van der Waals surface area (Å²) in [7, 11) is 0. The number of rotatable bonds is 23. The minimum absolute atomic E-state index is 0.000842. The molecule has 0 spiro atoms. The van der Waals surface area contributed by atoms with Gasteiger partial charge < -0.3 is 38.6 Å². The zero-order chi connectivity index (χ0) is 32.0. The summed E-state index contributed by atoms with van der Waals surface area (Å²) < 4.78 is 155. The number of alkyl halides is 10. The Morgan fingerprint density at radius 3 is 1.22 bits per heavy atom. The highest BCUT2D eigenvalue weighted by Gasteiger charge is 2.58. The maximum Gasteiger partial charge on any atom is 0.455 e. The number of aliphatic hydroxyl groups excluding tert-OH is 2. The van der Waals surface area contributed by atoms with Crippen molar-refractivity contribution in [1.82, 2.24) is 0 Å². The molecule has 2 N–H and O–H groups in total. The number of hydrogen-bond donors (Lipinski definition) is 2. The van der Waals surface area contributed by atoms with Crippen LogP contribution in [0.5, 0.6) is 0 Å². The highest BCUT2D eigenvalue weighted by atomic mass is 19.4. The van der Waals surface area contributed by atoms with Gasteiger partial charge in [0.2, 0.25) is 0 Å². The average Bonchev–Trinajstić information content (AvgIpc) is 2.84. The van der Waals surface area contributed by atoms with Crippen molar-refractivity contribution in [3.8, 4) is 0 Å². The third-order valence-corrected chi connectivity index (χ3v) is 5.32. The normalized spacial score (nSPS) is 17.3. The van der Waals surface area contributed by atoms with Crippen molar-refractivity contribution in [2.75, 3.05) is 85.9 Å². The molecule has 18 heteroatoms. The van der Waals surface area contributed by atoms with E-state index in [0.29, 0.717) is 0 Å². The van der Waals surface area contributed by atoms with Gasteiger partial charge in [-0.3, -0.25) is 0 Å². The Morgan fingerprint density at radius 2 is 0.854 bits per heavy atom. The van der Waals surface area contributed by atoms with Crippen LogP contribution in [0.2, 0.25) is 0 Å². The van der Waals surface area contributed by atoms with Crippen LogP contribution in [-0.2, 0) is 28.4 Å². The first-order valence-electron chi connectivity index (χ1n) is 12.2. The van der Waals surface area contributed by atoms with Crippen LogP contribution in [0.15, 0.2) is 0 Å². The number of aliphatic hydroxyl groups is 2. The molecular formula is C23H38F10O8. The molecule has 248 valence electrons. The van der Waals surface area contributed by atoms with Crippen molar-refractivity contribution in [1.29, 1.82) is 0 Å². The van der Waals surface area contributed by atoms with Crippen LogP contribution >= 0.6 is 0 Å². The van der Waals surface area contributed by atoms with Gasteiger partial charge in [0, 0.05) is 10.8 Å². The van der Waals surface area contributed by atoms with Gasteiger partial charge in [-0.15, -0.1) is 0 Å². The Morgan fingerprint density at radius 1 is 0.512 bits per heavy atom. The lowest BCUT2D eigenvalue weighted by atomic mass is 9.94. The summed E-state index contributed by atoms with van der Waals surface area (Å²) in [5.74, 6) is -10.1. The van der Waals surface area contributed by atoms with Crippen molar-refractivity contribution < 1.29 is 82.5 Å². The van der Waals surface area contributed by atoms with Crippen molar-refractivity contribution in [2.45, 2.75) is 51.1 Å². The fourth-order valence-corrected chi connectivity index (χ4v) is 2.64. The first-order valence-corrected chi connectivity index (χ1v) is 12.2. The molecule has 0 aromatic heterocycles. The van der Waals surface area contributed by atoms with Crippen LogP contribution < -0.4 is 0 Å². The molecule has 0 aromatic carbocycles. The summed E-state index contributed by atoms with van der Waals surface area (Å²) in [6.45, 7) is -2.00. The molecule has 8 nitrogen and oxygen atoms in total. The van der Waals surface area contributed by atoms with Crippen LogP contribution in [0.25, 0.3) is 0 Å². The molecule has 0 fully saturated rings. The van der Waals surface area contributed by atoms with Gasteiger partial charge in [0.05, 0.1) is 78.8 Å². The van der Waals surface area contributed by atoms with E-state index in [9.17, 15) is 54.1 Å². The predicted molar refractivity (Wildman–Crippen MR) is 122 cm³/mol. The lowest BCUT2D eigenvalue weighted by Gasteiger charge is -2.28. The lowest BCUT2D eigenvalue weighted by Crippen LogP contribution is -2.42. The molecule has 3 unspecified atom stereocenters. The fraction of sp³-hybridized carbons (Fsp3) is 1.00. The molecule has 0 radical (unpaired) electrons. The Balaban J connectivity index is 4.08. The van der Waals surface area contributed by atoms with Gasteiger partial charge in [0.1, 0.15) is 13.2 Å². The Labute approximate surface area is 231 Å². The van der Waals surface area contributed by atoms with E-state index in [2.05, 4.69) is 9.47 Å². The summed E-state index contributed by atoms with van der Waals surface area (Å²) in [6, 6.07) is 0. The maximum absolute atomic E-state index is 12.9. The van der Waals surface area contributed by atoms with Crippen molar-refractivity contribution >= 4 is 0 Å². The number of ether oxygens (including phenoxy) is 6. The van der Waals surface area contributed by atoms with Gasteiger partial charge in [-0.2, -0.15) is 43.9 Å². The van der Waals surface area contributed by atoms with Gasteiger partial charge in [-0.05, 0) is 6.92 Å². The maximum atomic E-state index is 12.9. The van der Waals surface area contributed by atoms with Crippen LogP contribution in [0.4, 0.5) is 43.9 Å². The summed E-state index contributed by atoms with van der Waals surface area (Å²) in [6.07, 6.45) is -11.9. The molecule has 41 heavy (non-hydrogen) atoms. The van der Waals surface area contributed by atoms with E-state index >= 15 is 0 Å². The van der Waals surface area contributed by atoms with Gasteiger partial charge >= 0.3 is 24.2 Å². The molecule has 0 bridgehead atoms. The SMILES string of the molecule is CC(COCCOCC(C)(CO)COCC(F)(F)C(F)(F)F)OCCOCC(C)(CO)COCC(F)(F)C(F)(F)F. The van der Waals surface area contributed by atoms with Gasteiger partial charge in [-0.1, -0.05) is 13.8 Å². The Bertz CT molecular complexity index is 711. The largest absolute Gasteiger partial charge is 0.455 e. The first kappa shape index (κ1) is 40.0. The molecule has 0 saturated carbocycles. The zero-order valence-corrected chi connectivity index (χ0v) is 22.9. The molecule has 0 amide bonds. The third-order valence-electron chi connectivity index (χ3n) is 5.32. The third kappa shape index (κ3) is 15.9. The molecular weight excluding hydrogens is 594 g/mol. The highest BCUT2D eigenvalue weighted by molar-refractivity contribution is 4.78. The molecule has 0 saturated heterocycles. The quantitative estimate of drug-likeness (QED) is 0.130. The summed E-state index contributed by atoms with van der Waals surface area (Å²) in [5.41, 5.74) is -2.47. The Kier molecular flexibility index (Phi) is 16.9. The van der Waals surface area contributed by atoms with Crippen molar-refractivity contribution in [3.05, 3.63) is 0 Å². The van der Waals surface area contributed by atoms with Crippen LogP contribution in [0.1, 0.15) is 20.8 Å². The molecule has 0 aliphatic rings. The molecule has 0 rings (SSSR count). The minimum atomic E-state index is -5.75. The average molecular weight is 633 g/mol. The van der Waals surface area contributed by atoms with Crippen LogP contribution in [-0.4, -0.2) is 126 Å². The second-order valence-corrected chi connectivity index (χ2v) is 10.2. The van der Waals surface area contributed by atoms with Gasteiger partial charge in [-0.25, -0.2) is 0 Å². The molecule has 0 aliphatic carbocycles. The van der Waals surface area contributed by atoms with E-state index in [-0.39, 0.29) is 46.2 Å². The highest BCUT2D eigenvalue weighted by Crippen LogP contribution is 2.36. The summed E-state index contributed by atoms with van der Waals surface area (Å²) >= 11 is 0. The number of hydrogen-bond acceptors (Lipinski definition) is 8. The summed E-state index contributed by atoms with van der Waals surface area (Å²) in [4.78, 5) is 0.